The van der Waals surface area contributed by atoms with E-state index in [1.165, 1.54) is 0 Å². The fourth-order valence-corrected chi connectivity index (χ4v) is 6.09. The van der Waals surface area contributed by atoms with Crippen LogP contribution in [-0.2, 0) is 0 Å². The van der Waals surface area contributed by atoms with E-state index >= 15 is 0 Å². The van der Waals surface area contributed by atoms with Crippen LogP contribution < -0.4 is 0 Å². The van der Waals surface area contributed by atoms with Gasteiger partial charge in [0, 0.05) is 0 Å². The molecular formula is C12F22S3. The molecule has 37 heavy (non-hydrogen) atoms. The maximum absolute atomic E-state index is 13.5. The highest BCUT2D eigenvalue weighted by Gasteiger charge is 2.68. The normalized spacial score (nSPS) is 15.1. The molecule has 0 atom stereocenters. The van der Waals surface area contributed by atoms with Gasteiger partial charge in [-0.05, 0) is 31.4 Å². The third-order valence-electron chi connectivity index (χ3n) is 3.11. The Bertz CT molecular complexity index is 766. The number of alkyl halides is 22. The third kappa shape index (κ3) is 8.49. The van der Waals surface area contributed by atoms with E-state index in [-0.39, 0.29) is 0 Å². The molecule has 0 aliphatic carbocycles. The van der Waals surface area contributed by atoms with Crippen molar-refractivity contribution in [3.05, 3.63) is 21.0 Å². The monoisotopic (exact) mass is 658 g/mol. The predicted octanol–water partition coefficient (Wildman–Crippen LogP) is 10.2. The smallest absolute Gasteiger partial charge is 0.190 e. The summed E-state index contributed by atoms with van der Waals surface area (Å²) in [5, 5.41) is 0. The zero-order valence-corrected chi connectivity index (χ0v) is 18.0. The van der Waals surface area contributed by atoms with E-state index in [1.807, 2.05) is 0 Å². The Morgan fingerprint density at radius 3 is 0.649 bits per heavy atom. The SMILES string of the molecule is FC(F)(F)C(=C(SSSC(=C(C(F)(F)F)C(F)(F)F)C(F)(F)C(F)(F)F)C(F)(F)C(F)(F)F)C(F)(F)F. The number of hydrogen-bond acceptors (Lipinski definition) is 3. The van der Waals surface area contributed by atoms with Crippen molar-refractivity contribution in [1.82, 2.24) is 0 Å². The van der Waals surface area contributed by atoms with E-state index in [2.05, 4.69) is 0 Å². The first-order valence-electron chi connectivity index (χ1n) is 7.40. The summed E-state index contributed by atoms with van der Waals surface area (Å²) in [6, 6.07) is 0. The molecule has 0 fully saturated rings. The molecule has 0 spiro atoms. The van der Waals surface area contributed by atoms with Crippen LogP contribution in [0, 0.1) is 0 Å². The van der Waals surface area contributed by atoms with Gasteiger partial charge in [-0.15, -0.1) is 0 Å². The average Bonchev–Trinajstić information content (AvgIpc) is 2.52. The van der Waals surface area contributed by atoms with Crippen molar-refractivity contribution in [2.75, 3.05) is 0 Å². The number of rotatable bonds is 6. The maximum atomic E-state index is 13.5. The van der Waals surface area contributed by atoms with Gasteiger partial charge in [0.1, 0.15) is 0 Å². The van der Waals surface area contributed by atoms with E-state index in [4.69, 9.17) is 0 Å². The van der Waals surface area contributed by atoms with E-state index in [0.717, 1.165) is 0 Å². The molecule has 0 unspecified atom stereocenters. The van der Waals surface area contributed by atoms with Crippen molar-refractivity contribution in [1.29, 1.82) is 0 Å². The van der Waals surface area contributed by atoms with Gasteiger partial charge in [0.05, 0.1) is 9.81 Å². The first-order valence-corrected chi connectivity index (χ1v) is 10.9. The van der Waals surface area contributed by atoms with Crippen LogP contribution in [0.25, 0.3) is 0 Å². The van der Waals surface area contributed by atoms with E-state index in [1.54, 1.807) is 0 Å². The molecule has 0 aliphatic heterocycles. The molecule has 0 heterocycles. The standard InChI is InChI=1S/C12F22S3/c13-5(14,11(29,30)31)3(1(7(17,18)19)8(20,21)22)35-37-36-4(6(15,16)12(32,33)34)2(9(23,24)25)10(26,27)28. The Balaban J connectivity index is 7.23. The minimum atomic E-state index is -7.38. The molecule has 0 rings (SSSR count). The molecule has 0 radical (unpaired) electrons. The Labute approximate surface area is 198 Å². The molecule has 0 amide bonds. The van der Waals surface area contributed by atoms with Gasteiger partial charge in [0.25, 0.3) is 0 Å². The third-order valence-corrected chi connectivity index (χ3v) is 7.13. The first kappa shape index (κ1) is 36.0. The minimum absolute atomic E-state index is 1.97. The fraction of sp³-hybridized carbons (Fsp3) is 0.667. The van der Waals surface area contributed by atoms with Crippen LogP contribution in [0.2, 0.25) is 0 Å². The minimum Gasteiger partial charge on any atom is -0.190 e. The molecule has 0 saturated carbocycles. The second-order valence-corrected chi connectivity index (χ2v) is 9.70. The van der Waals surface area contributed by atoms with Crippen molar-refractivity contribution < 1.29 is 96.6 Å². The summed E-state index contributed by atoms with van der Waals surface area (Å²) in [5.41, 5.74) is -9.47. The summed E-state index contributed by atoms with van der Waals surface area (Å²) in [7, 11) is -6.58. The zero-order chi connectivity index (χ0) is 30.4. The molecule has 0 aromatic heterocycles. The molecule has 0 aromatic rings. The van der Waals surface area contributed by atoms with Gasteiger partial charge >= 0.3 is 48.9 Å². The Hall–Kier alpha value is -1.01. The summed E-state index contributed by atoms with van der Waals surface area (Å²) in [6.45, 7) is 0. The Kier molecular flexibility index (Phi) is 10.2. The molecule has 0 saturated heterocycles. The summed E-state index contributed by atoms with van der Waals surface area (Å²) < 4.78 is 281. The van der Waals surface area contributed by atoms with Crippen LogP contribution in [0.1, 0.15) is 0 Å². The van der Waals surface area contributed by atoms with Crippen LogP contribution in [0.15, 0.2) is 21.0 Å². The maximum Gasteiger partial charge on any atom is 0.458 e. The molecule has 0 aliphatic rings. The lowest BCUT2D eigenvalue weighted by atomic mass is 10.1. The highest BCUT2D eigenvalue weighted by Crippen LogP contribution is 2.62. The molecule has 25 heteroatoms. The summed E-state index contributed by atoms with van der Waals surface area (Å²) >= 11 is 0. The van der Waals surface area contributed by atoms with Crippen LogP contribution in [0.3, 0.4) is 0 Å². The fourth-order valence-electron chi connectivity index (χ4n) is 1.68. The highest BCUT2D eigenvalue weighted by atomic mass is 33.5. The molecule has 0 nitrogen and oxygen atoms in total. The highest BCUT2D eigenvalue weighted by molar-refractivity contribution is 9.10. The van der Waals surface area contributed by atoms with Crippen LogP contribution >= 0.6 is 31.4 Å². The molecule has 0 bridgehead atoms. The van der Waals surface area contributed by atoms with Gasteiger partial charge in [-0.1, -0.05) is 0 Å². The number of allylic oxidation sites excluding steroid dienone is 4. The topological polar surface area (TPSA) is 0 Å². The average molecular weight is 658 g/mol. The van der Waals surface area contributed by atoms with Crippen LogP contribution in [-0.4, -0.2) is 48.9 Å². The summed E-state index contributed by atoms with van der Waals surface area (Å²) in [6.07, 6.45) is -43.5. The molecule has 220 valence electrons. The largest absolute Gasteiger partial charge is 0.458 e. The van der Waals surface area contributed by atoms with E-state index < -0.39 is 101 Å². The molecule has 0 aromatic carbocycles. The van der Waals surface area contributed by atoms with Gasteiger partial charge in [0.2, 0.25) is 0 Å². The van der Waals surface area contributed by atoms with E-state index in [9.17, 15) is 96.6 Å². The quantitative estimate of drug-likeness (QED) is 0.206. The zero-order valence-electron chi connectivity index (χ0n) is 15.5. The Morgan fingerprint density at radius 1 is 0.324 bits per heavy atom. The lowest BCUT2D eigenvalue weighted by Crippen LogP contribution is -2.42. The number of hydrogen-bond donors (Lipinski definition) is 0. The van der Waals surface area contributed by atoms with Gasteiger partial charge in [-0.3, -0.25) is 0 Å². The van der Waals surface area contributed by atoms with Gasteiger partial charge in [-0.25, -0.2) is 0 Å². The van der Waals surface area contributed by atoms with Crippen molar-refractivity contribution in [3.8, 4) is 0 Å². The molecular weight excluding hydrogens is 658 g/mol. The van der Waals surface area contributed by atoms with Crippen molar-refractivity contribution >= 4 is 31.4 Å². The van der Waals surface area contributed by atoms with Gasteiger partial charge < -0.3 is 0 Å². The lowest BCUT2D eigenvalue weighted by Gasteiger charge is -2.28. The Morgan fingerprint density at radius 2 is 0.514 bits per heavy atom. The van der Waals surface area contributed by atoms with Gasteiger partial charge in [-0.2, -0.15) is 96.6 Å². The second-order valence-electron chi connectivity index (χ2n) is 5.78. The van der Waals surface area contributed by atoms with Crippen molar-refractivity contribution in [2.45, 2.75) is 48.9 Å². The summed E-state index contributed by atoms with van der Waals surface area (Å²) in [5.74, 6) is -14.5. The predicted molar refractivity (Wildman–Crippen MR) is 83.0 cm³/mol. The number of halogens is 22. The van der Waals surface area contributed by atoms with Crippen molar-refractivity contribution in [2.24, 2.45) is 0 Å². The summed E-state index contributed by atoms with van der Waals surface area (Å²) in [4.78, 5) is -8.49. The first-order chi connectivity index (χ1) is 15.7. The van der Waals surface area contributed by atoms with Crippen molar-refractivity contribution in [3.63, 3.8) is 0 Å². The van der Waals surface area contributed by atoms with Crippen LogP contribution in [0.5, 0.6) is 0 Å². The lowest BCUT2D eigenvalue weighted by molar-refractivity contribution is -0.264. The second kappa shape index (κ2) is 10.5. The van der Waals surface area contributed by atoms with E-state index in [0.29, 0.717) is 0 Å². The van der Waals surface area contributed by atoms with Crippen LogP contribution in [0.4, 0.5) is 96.6 Å². The molecule has 0 N–H and O–H groups in total. The van der Waals surface area contributed by atoms with Gasteiger partial charge in [0.15, 0.2) is 11.1 Å².